The van der Waals surface area contributed by atoms with Crippen LogP contribution in [0.5, 0.6) is 11.5 Å². The maximum Gasteiger partial charge on any atom is 0.178 e. The zero-order valence-corrected chi connectivity index (χ0v) is 8.08. The lowest BCUT2D eigenvalue weighted by atomic mass is 10.1. The van der Waals surface area contributed by atoms with Gasteiger partial charge in [-0.3, -0.25) is 0 Å². The number of hydrogen-bond acceptors (Lipinski definition) is 3. The quantitative estimate of drug-likeness (QED) is 0.586. The Hall–Kier alpha value is -0.640. The highest BCUT2D eigenvalue weighted by molar-refractivity contribution is 6.36. The molecule has 1 aromatic rings. The molecule has 0 saturated carbocycles. The summed E-state index contributed by atoms with van der Waals surface area (Å²) in [6, 6.07) is 0. The van der Waals surface area contributed by atoms with Crippen LogP contribution >= 0.6 is 23.2 Å². The molecule has 0 aromatic heterocycles. The third kappa shape index (κ3) is 1.15. The second-order valence-electron chi connectivity index (χ2n) is 2.89. The lowest BCUT2D eigenvalue weighted by Crippen LogP contribution is -2.00. The van der Waals surface area contributed by atoms with Crippen LogP contribution in [0, 0.1) is 0 Å². The average Bonchev–Trinajstić information content (AvgIpc) is 2.59. The summed E-state index contributed by atoms with van der Waals surface area (Å²) >= 11 is 11.6. The zero-order chi connectivity index (χ0) is 9.59. The van der Waals surface area contributed by atoms with E-state index >= 15 is 0 Å². The number of halogens is 2. The number of phenols is 2. The van der Waals surface area contributed by atoms with Crippen molar-refractivity contribution in [2.45, 2.75) is 13.1 Å². The molecule has 0 saturated heterocycles. The Labute approximate surface area is 84.9 Å². The molecule has 0 radical (unpaired) electrons. The van der Waals surface area contributed by atoms with Gasteiger partial charge >= 0.3 is 0 Å². The van der Waals surface area contributed by atoms with E-state index in [2.05, 4.69) is 5.32 Å². The van der Waals surface area contributed by atoms with Gasteiger partial charge in [-0.25, -0.2) is 0 Å². The summed E-state index contributed by atoms with van der Waals surface area (Å²) in [6.45, 7) is 1.14. The van der Waals surface area contributed by atoms with Crippen molar-refractivity contribution < 1.29 is 10.2 Å². The highest BCUT2D eigenvalue weighted by atomic mass is 35.5. The van der Waals surface area contributed by atoms with E-state index in [1.807, 2.05) is 0 Å². The maximum absolute atomic E-state index is 9.36. The molecule has 0 fully saturated rings. The number of aromatic hydroxyl groups is 2. The van der Waals surface area contributed by atoms with Crippen molar-refractivity contribution in [3.63, 3.8) is 0 Å². The predicted octanol–water partition coefficient (Wildman–Crippen LogP) is 2.01. The van der Waals surface area contributed by atoms with Gasteiger partial charge in [-0.05, 0) is 11.1 Å². The maximum atomic E-state index is 9.36. The normalized spacial score (nSPS) is 14.6. The van der Waals surface area contributed by atoms with Gasteiger partial charge in [0.15, 0.2) is 11.5 Å². The first kappa shape index (κ1) is 8.94. The van der Waals surface area contributed by atoms with Crippen LogP contribution in [-0.2, 0) is 13.1 Å². The molecule has 13 heavy (non-hydrogen) atoms. The third-order valence-corrected chi connectivity index (χ3v) is 2.95. The third-order valence-electron chi connectivity index (χ3n) is 2.14. The molecular formula is C8H7Cl2NO2. The smallest absolute Gasteiger partial charge is 0.178 e. The van der Waals surface area contributed by atoms with Crippen molar-refractivity contribution in [2.24, 2.45) is 0 Å². The first-order valence-electron chi connectivity index (χ1n) is 3.74. The number of nitrogens with one attached hydrogen (secondary N) is 1. The van der Waals surface area contributed by atoms with Crippen molar-refractivity contribution in [1.29, 1.82) is 0 Å². The van der Waals surface area contributed by atoms with Gasteiger partial charge in [-0.1, -0.05) is 23.2 Å². The Morgan fingerprint density at radius 3 is 1.69 bits per heavy atom. The summed E-state index contributed by atoms with van der Waals surface area (Å²) < 4.78 is 0. The Balaban J connectivity index is 2.77. The van der Waals surface area contributed by atoms with Crippen LogP contribution < -0.4 is 5.32 Å². The Bertz CT molecular complexity index is 344. The van der Waals surface area contributed by atoms with Crippen molar-refractivity contribution >= 4 is 23.2 Å². The molecule has 3 N–H and O–H groups in total. The van der Waals surface area contributed by atoms with Crippen LogP contribution in [0.2, 0.25) is 10.0 Å². The Morgan fingerprint density at radius 2 is 1.31 bits per heavy atom. The first-order chi connectivity index (χ1) is 6.13. The molecule has 0 atom stereocenters. The molecule has 2 rings (SSSR count). The molecule has 0 amide bonds. The van der Waals surface area contributed by atoms with E-state index in [-0.39, 0.29) is 21.5 Å². The fourth-order valence-corrected chi connectivity index (χ4v) is 1.98. The van der Waals surface area contributed by atoms with Crippen LogP contribution in [0.1, 0.15) is 11.1 Å². The first-order valence-corrected chi connectivity index (χ1v) is 4.50. The molecule has 0 bridgehead atoms. The van der Waals surface area contributed by atoms with Gasteiger partial charge in [0, 0.05) is 13.1 Å². The summed E-state index contributed by atoms with van der Waals surface area (Å²) in [6.07, 6.45) is 0. The molecule has 5 heteroatoms. The fraction of sp³-hybridized carbons (Fsp3) is 0.250. The zero-order valence-electron chi connectivity index (χ0n) is 6.56. The van der Waals surface area contributed by atoms with E-state index in [1.54, 1.807) is 0 Å². The number of hydrogen-bond donors (Lipinski definition) is 3. The van der Waals surface area contributed by atoms with E-state index < -0.39 is 0 Å². The van der Waals surface area contributed by atoms with E-state index in [9.17, 15) is 10.2 Å². The number of phenolic OH excluding ortho intramolecular Hbond substituents is 2. The number of fused-ring (bicyclic) bond motifs is 1. The molecule has 0 aliphatic carbocycles. The monoisotopic (exact) mass is 219 g/mol. The summed E-state index contributed by atoms with van der Waals surface area (Å²) in [4.78, 5) is 0. The molecule has 1 heterocycles. The minimum absolute atomic E-state index is 0.182. The molecule has 3 nitrogen and oxygen atoms in total. The molecule has 0 spiro atoms. The van der Waals surface area contributed by atoms with Crippen molar-refractivity contribution in [3.8, 4) is 11.5 Å². The fourth-order valence-electron chi connectivity index (χ4n) is 1.44. The van der Waals surface area contributed by atoms with Crippen molar-refractivity contribution in [3.05, 3.63) is 21.2 Å². The molecule has 1 aliphatic rings. The standard InChI is InChI=1S/C8H7Cl2NO2/c9-5-3-1-11-2-4(3)6(10)8(13)7(5)12/h11-13H,1-2H2. The van der Waals surface area contributed by atoms with Gasteiger partial charge in [0.25, 0.3) is 0 Å². The van der Waals surface area contributed by atoms with E-state index in [1.165, 1.54) is 0 Å². The highest BCUT2D eigenvalue weighted by Gasteiger charge is 2.24. The van der Waals surface area contributed by atoms with E-state index in [0.29, 0.717) is 13.1 Å². The van der Waals surface area contributed by atoms with Gasteiger partial charge < -0.3 is 15.5 Å². The summed E-state index contributed by atoms with van der Waals surface area (Å²) in [7, 11) is 0. The summed E-state index contributed by atoms with van der Waals surface area (Å²) in [5.41, 5.74) is 1.53. The SMILES string of the molecule is Oc1c(O)c(Cl)c2c(c1Cl)CNC2. The molecule has 70 valence electrons. The lowest BCUT2D eigenvalue weighted by Gasteiger charge is -2.08. The van der Waals surface area contributed by atoms with Crippen LogP contribution in [-0.4, -0.2) is 10.2 Å². The topological polar surface area (TPSA) is 52.5 Å². The minimum Gasteiger partial charge on any atom is -0.503 e. The van der Waals surface area contributed by atoms with Gasteiger partial charge in [0.2, 0.25) is 0 Å². The average molecular weight is 220 g/mol. The van der Waals surface area contributed by atoms with Gasteiger partial charge in [0.05, 0.1) is 10.0 Å². The van der Waals surface area contributed by atoms with Gasteiger partial charge in [-0.2, -0.15) is 0 Å². The van der Waals surface area contributed by atoms with Gasteiger partial charge in [0.1, 0.15) is 0 Å². The van der Waals surface area contributed by atoms with E-state index in [0.717, 1.165) is 11.1 Å². The Morgan fingerprint density at radius 1 is 0.923 bits per heavy atom. The molecular weight excluding hydrogens is 213 g/mol. The largest absolute Gasteiger partial charge is 0.503 e. The molecule has 0 unspecified atom stereocenters. The molecule has 1 aliphatic heterocycles. The van der Waals surface area contributed by atoms with E-state index in [4.69, 9.17) is 23.2 Å². The summed E-state index contributed by atoms with van der Waals surface area (Å²) in [5, 5.41) is 22.1. The second kappa shape index (κ2) is 2.94. The van der Waals surface area contributed by atoms with Crippen molar-refractivity contribution in [1.82, 2.24) is 5.32 Å². The van der Waals surface area contributed by atoms with Gasteiger partial charge in [-0.15, -0.1) is 0 Å². The summed E-state index contributed by atoms with van der Waals surface area (Å²) in [5.74, 6) is -0.678. The number of rotatable bonds is 0. The second-order valence-corrected chi connectivity index (χ2v) is 3.64. The van der Waals surface area contributed by atoms with Crippen LogP contribution in [0.4, 0.5) is 0 Å². The number of benzene rings is 1. The van der Waals surface area contributed by atoms with Crippen LogP contribution in [0.15, 0.2) is 0 Å². The predicted molar refractivity (Wildman–Crippen MR) is 50.3 cm³/mol. The van der Waals surface area contributed by atoms with Crippen molar-refractivity contribution in [2.75, 3.05) is 0 Å². The minimum atomic E-state index is -0.339. The lowest BCUT2D eigenvalue weighted by molar-refractivity contribution is 0.403. The van der Waals surface area contributed by atoms with Crippen LogP contribution in [0.25, 0.3) is 0 Å². The van der Waals surface area contributed by atoms with Crippen LogP contribution in [0.3, 0.4) is 0 Å². The Kier molecular flexibility index (Phi) is 2.02. The highest BCUT2D eigenvalue weighted by Crippen LogP contribution is 2.45. The molecule has 1 aromatic carbocycles.